The van der Waals surface area contributed by atoms with Gasteiger partial charge < -0.3 is 26.8 Å². The fourth-order valence-corrected chi connectivity index (χ4v) is 2.15. The molecule has 0 saturated carbocycles. The van der Waals surface area contributed by atoms with Crippen LogP contribution in [0.5, 0.6) is 0 Å². The number of aliphatic carboxylic acids is 1. The zero-order valence-corrected chi connectivity index (χ0v) is 11.6. The van der Waals surface area contributed by atoms with E-state index in [2.05, 4.69) is 5.32 Å². The summed E-state index contributed by atoms with van der Waals surface area (Å²) < 4.78 is 0. The summed E-state index contributed by atoms with van der Waals surface area (Å²) in [5, 5.41) is 11.4. The lowest BCUT2D eigenvalue weighted by Gasteiger charge is -2.31. The minimum atomic E-state index is -1.23. The van der Waals surface area contributed by atoms with Gasteiger partial charge in [-0.3, -0.25) is 9.59 Å². The highest BCUT2D eigenvalue weighted by atomic mass is 16.4. The molecule has 1 saturated heterocycles. The van der Waals surface area contributed by atoms with Gasteiger partial charge in [-0.2, -0.15) is 0 Å². The second kappa shape index (κ2) is 7.46. The fraction of sp³-hybridized carbons (Fsp3) is 0.667. The van der Waals surface area contributed by atoms with Crippen LogP contribution in [0.4, 0.5) is 4.79 Å². The number of urea groups is 1. The first kappa shape index (κ1) is 16.7. The minimum absolute atomic E-state index is 0.0614. The summed E-state index contributed by atoms with van der Waals surface area (Å²) in [6, 6.07) is -1.70. The number of hydrogen-bond acceptors (Lipinski definition) is 4. The highest BCUT2D eigenvalue weighted by Crippen LogP contribution is 2.16. The third-order valence-electron chi connectivity index (χ3n) is 3.46. The number of nitrogens with two attached hydrogens (primary N) is 2. The van der Waals surface area contributed by atoms with E-state index in [9.17, 15) is 19.2 Å². The van der Waals surface area contributed by atoms with Gasteiger partial charge in [0.2, 0.25) is 11.8 Å². The number of carbonyl (C=O) groups excluding carboxylic acids is 3. The zero-order chi connectivity index (χ0) is 16.0. The first-order valence-corrected chi connectivity index (χ1v) is 6.67. The van der Waals surface area contributed by atoms with Crippen molar-refractivity contribution in [2.75, 3.05) is 13.1 Å². The van der Waals surface area contributed by atoms with Gasteiger partial charge in [0.05, 0.1) is 0 Å². The molecule has 0 aliphatic carbocycles. The molecule has 118 valence electrons. The molecule has 1 rings (SSSR count). The number of nitrogens with zero attached hydrogens (tertiary/aromatic N) is 1. The Balaban J connectivity index is 2.49. The summed E-state index contributed by atoms with van der Waals surface area (Å²) >= 11 is 0. The maximum Gasteiger partial charge on any atom is 0.326 e. The van der Waals surface area contributed by atoms with Gasteiger partial charge in [-0.15, -0.1) is 0 Å². The van der Waals surface area contributed by atoms with Crippen LogP contribution in [0.1, 0.15) is 25.7 Å². The van der Waals surface area contributed by atoms with Gasteiger partial charge in [0.25, 0.3) is 0 Å². The smallest absolute Gasteiger partial charge is 0.326 e. The number of hydrogen-bond donors (Lipinski definition) is 4. The van der Waals surface area contributed by atoms with Crippen LogP contribution in [-0.2, 0) is 14.4 Å². The molecular weight excluding hydrogens is 280 g/mol. The van der Waals surface area contributed by atoms with Crippen molar-refractivity contribution in [3.63, 3.8) is 0 Å². The van der Waals surface area contributed by atoms with Crippen LogP contribution in [0.3, 0.4) is 0 Å². The summed E-state index contributed by atoms with van der Waals surface area (Å²) in [6.07, 6.45) is 0.735. The van der Waals surface area contributed by atoms with Gasteiger partial charge in [0, 0.05) is 25.4 Å². The predicted molar refractivity (Wildman–Crippen MR) is 71.9 cm³/mol. The van der Waals surface area contributed by atoms with E-state index in [0.29, 0.717) is 25.9 Å². The lowest BCUT2D eigenvalue weighted by molar-refractivity contribution is -0.139. The Kier molecular flexibility index (Phi) is 5.94. The SMILES string of the molecule is NC(=O)CC[C@H](NC(=O)N1CCC(C(N)=O)CC1)C(=O)O. The van der Waals surface area contributed by atoms with E-state index in [1.165, 1.54) is 4.90 Å². The number of piperidine rings is 1. The molecule has 4 amide bonds. The Labute approximate surface area is 121 Å². The molecule has 21 heavy (non-hydrogen) atoms. The molecule has 1 aliphatic rings. The molecular formula is C12H20N4O5. The molecule has 0 aromatic carbocycles. The van der Waals surface area contributed by atoms with Gasteiger partial charge in [0.1, 0.15) is 6.04 Å². The molecule has 1 aliphatic heterocycles. The molecule has 0 aromatic heterocycles. The number of carbonyl (C=O) groups is 4. The van der Waals surface area contributed by atoms with E-state index in [1.807, 2.05) is 0 Å². The Morgan fingerprint density at radius 1 is 1.19 bits per heavy atom. The van der Waals surface area contributed by atoms with E-state index in [-0.39, 0.29) is 24.7 Å². The number of likely N-dealkylation sites (tertiary alicyclic amines) is 1. The molecule has 0 radical (unpaired) electrons. The largest absolute Gasteiger partial charge is 0.480 e. The van der Waals surface area contributed by atoms with Crippen LogP contribution in [0.2, 0.25) is 0 Å². The first-order valence-electron chi connectivity index (χ1n) is 6.67. The van der Waals surface area contributed by atoms with Gasteiger partial charge in [-0.1, -0.05) is 0 Å². The molecule has 1 heterocycles. The third kappa shape index (κ3) is 5.28. The van der Waals surface area contributed by atoms with E-state index >= 15 is 0 Å². The summed E-state index contributed by atoms with van der Waals surface area (Å²) in [5.74, 6) is -2.49. The van der Waals surface area contributed by atoms with Crippen LogP contribution in [0.15, 0.2) is 0 Å². The van der Waals surface area contributed by atoms with Gasteiger partial charge in [-0.25, -0.2) is 9.59 Å². The van der Waals surface area contributed by atoms with E-state index in [4.69, 9.17) is 16.6 Å². The molecule has 6 N–H and O–H groups in total. The Morgan fingerprint density at radius 2 is 1.76 bits per heavy atom. The monoisotopic (exact) mass is 300 g/mol. The summed E-state index contributed by atoms with van der Waals surface area (Å²) in [5.41, 5.74) is 10.2. The van der Waals surface area contributed by atoms with E-state index in [0.717, 1.165) is 0 Å². The fourth-order valence-electron chi connectivity index (χ4n) is 2.15. The summed E-state index contributed by atoms with van der Waals surface area (Å²) in [4.78, 5) is 46.1. The lowest BCUT2D eigenvalue weighted by Crippen LogP contribution is -2.51. The average molecular weight is 300 g/mol. The van der Waals surface area contributed by atoms with Crippen molar-refractivity contribution < 1.29 is 24.3 Å². The van der Waals surface area contributed by atoms with Crippen molar-refractivity contribution in [2.45, 2.75) is 31.7 Å². The highest BCUT2D eigenvalue weighted by molar-refractivity contribution is 5.83. The number of amides is 4. The number of carboxylic acid groups (broad SMARTS) is 1. The van der Waals surface area contributed by atoms with Crippen molar-refractivity contribution in [3.05, 3.63) is 0 Å². The third-order valence-corrected chi connectivity index (χ3v) is 3.46. The second-order valence-corrected chi connectivity index (χ2v) is 5.01. The quantitative estimate of drug-likeness (QED) is 0.475. The maximum absolute atomic E-state index is 12.0. The number of nitrogens with one attached hydrogen (secondary N) is 1. The van der Waals surface area contributed by atoms with Crippen molar-refractivity contribution in [1.29, 1.82) is 0 Å². The van der Waals surface area contributed by atoms with Crippen LogP contribution >= 0.6 is 0 Å². The Morgan fingerprint density at radius 3 is 2.19 bits per heavy atom. The Hall–Kier alpha value is -2.32. The molecule has 0 bridgehead atoms. The molecule has 9 nitrogen and oxygen atoms in total. The van der Waals surface area contributed by atoms with E-state index in [1.54, 1.807) is 0 Å². The normalized spacial score (nSPS) is 17.0. The first-order chi connectivity index (χ1) is 9.81. The standard InChI is InChI=1S/C12H20N4O5/c13-9(17)2-1-8(11(19)20)15-12(21)16-5-3-7(4-6-16)10(14)18/h7-8H,1-6H2,(H2,13,17)(H2,14,18)(H,15,21)(H,19,20)/t8-/m0/s1. The Bertz CT molecular complexity index is 431. The van der Waals surface area contributed by atoms with Crippen LogP contribution in [-0.4, -0.2) is 53.0 Å². The molecule has 0 unspecified atom stereocenters. The molecule has 0 aromatic rings. The van der Waals surface area contributed by atoms with Crippen molar-refractivity contribution in [2.24, 2.45) is 17.4 Å². The zero-order valence-electron chi connectivity index (χ0n) is 11.6. The van der Waals surface area contributed by atoms with Gasteiger partial charge in [-0.05, 0) is 19.3 Å². The molecule has 0 spiro atoms. The molecule has 1 atom stereocenters. The van der Waals surface area contributed by atoms with Crippen molar-refractivity contribution in [3.8, 4) is 0 Å². The van der Waals surface area contributed by atoms with Gasteiger partial charge >= 0.3 is 12.0 Å². The number of rotatable bonds is 6. The molecule has 1 fully saturated rings. The second-order valence-electron chi connectivity index (χ2n) is 5.01. The van der Waals surface area contributed by atoms with Crippen LogP contribution in [0.25, 0.3) is 0 Å². The topological polar surface area (TPSA) is 156 Å². The van der Waals surface area contributed by atoms with Crippen LogP contribution < -0.4 is 16.8 Å². The minimum Gasteiger partial charge on any atom is -0.480 e. The predicted octanol–water partition coefficient (Wildman–Crippen LogP) is -1.39. The summed E-state index contributed by atoms with van der Waals surface area (Å²) in [7, 11) is 0. The highest BCUT2D eigenvalue weighted by Gasteiger charge is 2.28. The van der Waals surface area contributed by atoms with Crippen molar-refractivity contribution >= 4 is 23.8 Å². The van der Waals surface area contributed by atoms with Crippen LogP contribution in [0, 0.1) is 5.92 Å². The number of carboxylic acids is 1. The van der Waals surface area contributed by atoms with Gasteiger partial charge in [0.15, 0.2) is 0 Å². The number of primary amides is 2. The maximum atomic E-state index is 12.0. The summed E-state index contributed by atoms with van der Waals surface area (Å²) in [6.45, 7) is 0.670. The lowest BCUT2D eigenvalue weighted by atomic mass is 9.96. The average Bonchev–Trinajstić information content (AvgIpc) is 2.42. The molecule has 9 heteroatoms. The van der Waals surface area contributed by atoms with Crippen molar-refractivity contribution in [1.82, 2.24) is 10.2 Å². The van der Waals surface area contributed by atoms with E-state index < -0.39 is 23.9 Å².